The summed E-state index contributed by atoms with van der Waals surface area (Å²) in [6.45, 7) is 3.74. The lowest BCUT2D eigenvalue weighted by Gasteiger charge is -2.24. The molecule has 0 heterocycles. The molecule has 10 nitrogen and oxygen atoms in total. The molecular weight excluding hydrogens is 437 g/mol. The summed E-state index contributed by atoms with van der Waals surface area (Å²) in [4.78, 5) is 59.6. The highest BCUT2D eigenvalue weighted by atomic mass is 19.2. The van der Waals surface area contributed by atoms with Crippen LogP contribution in [0.15, 0.2) is 30.3 Å². The lowest BCUT2D eigenvalue weighted by atomic mass is 10.0. The van der Waals surface area contributed by atoms with Gasteiger partial charge in [-0.3, -0.25) is 19.2 Å². The van der Waals surface area contributed by atoms with Crippen molar-refractivity contribution in [3.63, 3.8) is 0 Å². The fourth-order valence-electron chi connectivity index (χ4n) is 2.66. The van der Waals surface area contributed by atoms with Gasteiger partial charge < -0.3 is 20.1 Å². The number of methoxy groups -OCH3 is 1. The molecule has 1 rings (SSSR count). The van der Waals surface area contributed by atoms with E-state index in [9.17, 15) is 28.5 Å². The van der Waals surface area contributed by atoms with Gasteiger partial charge in [0.1, 0.15) is 25.2 Å². The molecule has 0 fully saturated rings. The third-order valence-electron chi connectivity index (χ3n) is 4.55. The van der Waals surface area contributed by atoms with Gasteiger partial charge in [0.05, 0.1) is 13.5 Å². The summed E-state index contributed by atoms with van der Waals surface area (Å²) in [5, 5.41) is 4.44. The molecule has 0 aliphatic carbocycles. The SMILES string of the molecule is COC(=O)CCC(=O)CN(F)C(=O)[C@H](C)NC(=O)[C@@H](NC(=O)OCc1ccccc1)C(C)C. The predicted octanol–water partition coefficient (Wildman–Crippen LogP) is 1.68. The van der Waals surface area contributed by atoms with E-state index in [1.54, 1.807) is 38.1 Å². The van der Waals surface area contributed by atoms with Crippen molar-refractivity contribution in [1.29, 1.82) is 0 Å². The van der Waals surface area contributed by atoms with Crippen LogP contribution in [0.3, 0.4) is 0 Å². The fourth-order valence-corrected chi connectivity index (χ4v) is 2.66. The van der Waals surface area contributed by atoms with Gasteiger partial charge in [0, 0.05) is 6.42 Å². The van der Waals surface area contributed by atoms with E-state index in [1.807, 2.05) is 6.07 Å². The zero-order valence-electron chi connectivity index (χ0n) is 19.1. The van der Waals surface area contributed by atoms with E-state index in [0.717, 1.165) is 12.7 Å². The Kier molecular flexibility index (Phi) is 11.5. The number of alkyl carbamates (subject to hydrolysis) is 1. The van der Waals surface area contributed by atoms with Crippen molar-refractivity contribution in [3.05, 3.63) is 35.9 Å². The molecule has 2 N–H and O–H groups in total. The molecule has 0 aliphatic rings. The van der Waals surface area contributed by atoms with E-state index in [-0.39, 0.29) is 30.5 Å². The minimum absolute atomic E-state index is 0.00874. The van der Waals surface area contributed by atoms with Gasteiger partial charge in [-0.05, 0) is 18.4 Å². The molecule has 2 atom stereocenters. The van der Waals surface area contributed by atoms with E-state index in [4.69, 9.17) is 4.74 Å². The lowest BCUT2D eigenvalue weighted by molar-refractivity contribution is -0.153. The van der Waals surface area contributed by atoms with Gasteiger partial charge in [-0.15, -0.1) is 0 Å². The van der Waals surface area contributed by atoms with Gasteiger partial charge >= 0.3 is 12.1 Å². The topological polar surface area (TPSA) is 131 Å². The average Bonchev–Trinajstić information content (AvgIpc) is 2.79. The largest absolute Gasteiger partial charge is 0.469 e. The molecule has 0 unspecified atom stereocenters. The van der Waals surface area contributed by atoms with Crippen molar-refractivity contribution in [2.75, 3.05) is 13.7 Å². The first kappa shape index (κ1) is 27.5. The number of hydrogen-bond donors (Lipinski definition) is 2. The molecule has 11 heteroatoms. The third kappa shape index (κ3) is 10.1. The molecule has 0 saturated heterocycles. The monoisotopic (exact) mass is 467 g/mol. The van der Waals surface area contributed by atoms with Gasteiger partial charge in [0.25, 0.3) is 5.91 Å². The maximum Gasteiger partial charge on any atom is 0.408 e. The molecule has 1 aromatic carbocycles. The molecule has 0 bridgehead atoms. The summed E-state index contributed by atoms with van der Waals surface area (Å²) in [6, 6.07) is 6.60. The van der Waals surface area contributed by atoms with Crippen LogP contribution in [0.25, 0.3) is 0 Å². The second-order valence-electron chi connectivity index (χ2n) is 7.63. The Morgan fingerprint density at radius 1 is 1.00 bits per heavy atom. The van der Waals surface area contributed by atoms with Crippen molar-refractivity contribution < 1.29 is 37.9 Å². The number of nitrogens with zero attached hydrogens (tertiary/aromatic N) is 1. The Labute approximate surface area is 191 Å². The number of carbonyl (C=O) groups excluding carboxylic acids is 5. The van der Waals surface area contributed by atoms with Gasteiger partial charge in [-0.2, -0.15) is 5.12 Å². The van der Waals surface area contributed by atoms with Crippen molar-refractivity contribution in [1.82, 2.24) is 15.8 Å². The second kappa shape index (κ2) is 13.8. The standard InChI is InChI=1S/C22H30FN3O7/c1-14(2)19(25-22(31)33-13-16-8-6-5-7-9-16)20(29)24-15(3)21(30)26(23)12-17(27)10-11-18(28)32-4/h5-9,14-15,19H,10-13H2,1-4H3,(H,24,29)(H,25,31)/t15-,19-/m0/s1. The van der Waals surface area contributed by atoms with Crippen LogP contribution in [0.2, 0.25) is 0 Å². The van der Waals surface area contributed by atoms with Crippen molar-refractivity contribution in [2.24, 2.45) is 5.92 Å². The molecule has 182 valence electrons. The number of esters is 1. The Morgan fingerprint density at radius 2 is 1.64 bits per heavy atom. The van der Waals surface area contributed by atoms with Crippen molar-refractivity contribution in [3.8, 4) is 0 Å². The molecule has 0 aromatic heterocycles. The van der Waals surface area contributed by atoms with Crippen LogP contribution in [0.1, 0.15) is 39.2 Å². The summed E-state index contributed by atoms with van der Waals surface area (Å²) < 4.78 is 23.6. The number of ether oxygens (including phenoxy) is 2. The van der Waals surface area contributed by atoms with E-state index in [2.05, 4.69) is 15.4 Å². The molecular formula is C22H30FN3O7. The van der Waals surface area contributed by atoms with Crippen LogP contribution >= 0.6 is 0 Å². The quantitative estimate of drug-likeness (QED) is 0.353. The highest BCUT2D eigenvalue weighted by molar-refractivity contribution is 5.93. The summed E-state index contributed by atoms with van der Waals surface area (Å²) >= 11 is 0. The van der Waals surface area contributed by atoms with Gasteiger partial charge in [0.15, 0.2) is 5.78 Å². The van der Waals surface area contributed by atoms with Crippen LogP contribution in [-0.4, -0.2) is 60.5 Å². The van der Waals surface area contributed by atoms with Crippen molar-refractivity contribution >= 4 is 29.7 Å². The van der Waals surface area contributed by atoms with Crippen LogP contribution in [0.5, 0.6) is 0 Å². The Morgan fingerprint density at radius 3 is 2.21 bits per heavy atom. The summed E-state index contributed by atoms with van der Waals surface area (Å²) in [5.74, 6) is -3.54. The number of ketones is 1. The fraction of sp³-hybridized carbons (Fsp3) is 0.500. The van der Waals surface area contributed by atoms with Crippen LogP contribution < -0.4 is 10.6 Å². The molecule has 1 aromatic rings. The number of carbonyl (C=O) groups is 5. The second-order valence-corrected chi connectivity index (χ2v) is 7.63. The minimum Gasteiger partial charge on any atom is -0.469 e. The summed E-state index contributed by atoms with van der Waals surface area (Å²) in [5.41, 5.74) is 0.765. The van der Waals surface area contributed by atoms with E-state index >= 15 is 0 Å². The van der Waals surface area contributed by atoms with Gasteiger partial charge in [-0.25, -0.2) is 4.79 Å². The van der Waals surface area contributed by atoms with E-state index in [1.165, 1.54) is 6.92 Å². The van der Waals surface area contributed by atoms with Crippen LogP contribution in [-0.2, 0) is 35.3 Å². The number of hydrogen-bond acceptors (Lipinski definition) is 7. The summed E-state index contributed by atoms with van der Waals surface area (Å²) in [7, 11) is 1.16. The number of amides is 3. The van der Waals surface area contributed by atoms with E-state index in [0.29, 0.717) is 0 Å². The number of nitrogens with one attached hydrogen (secondary N) is 2. The van der Waals surface area contributed by atoms with Gasteiger partial charge in [-0.1, -0.05) is 48.7 Å². The molecule has 0 radical (unpaired) electrons. The third-order valence-corrected chi connectivity index (χ3v) is 4.55. The Balaban J connectivity index is 2.57. The average molecular weight is 467 g/mol. The Hall–Kier alpha value is -3.50. The normalized spacial score (nSPS) is 12.3. The molecule has 0 aliphatic heterocycles. The first-order valence-corrected chi connectivity index (χ1v) is 10.4. The van der Waals surface area contributed by atoms with Gasteiger partial charge in [0.2, 0.25) is 5.91 Å². The van der Waals surface area contributed by atoms with E-state index < -0.39 is 48.3 Å². The molecule has 0 spiro atoms. The first-order valence-electron chi connectivity index (χ1n) is 10.4. The molecule has 0 saturated carbocycles. The predicted molar refractivity (Wildman–Crippen MR) is 115 cm³/mol. The number of benzene rings is 1. The minimum atomic E-state index is -1.31. The smallest absolute Gasteiger partial charge is 0.408 e. The molecule has 33 heavy (non-hydrogen) atoms. The number of rotatable bonds is 12. The molecule has 3 amide bonds. The highest BCUT2D eigenvalue weighted by Crippen LogP contribution is 2.06. The highest BCUT2D eigenvalue weighted by Gasteiger charge is 2.30. The lowest BCUT2D eigenvalue weighted by Crippen LogP contribution is -2.54. The maximum atomic E-state index is 14.1. The Bertz CT molecular complexity index is 833. The summed E-state index contributed by atoms with van der Waals surface area (Å²) in [6.07, 6.45) is -1.34. The van der Waals surface area contributed by atoms with Crippen LogP contribution in [0, 0.1) is 5.92 Å². The first-order chi connectivity index (χ1) is 15.5. The number of halogens is 1. The zero-order valence-corrected chi connectivity index (χ0v) is 19.1. The number of Topliss-reactive ketones (excluding diaryl/α,β-unsaturated/α-hetero) is 1. The van der Waals surface area contributed by atoms with Crippen LogP contribution in [0.4, 0.5) is 9.28 Å². The zero-order chi connectivity index (χ0) is 25.0. The maximum absolute atomic E-state index is 14.1. The van der Waals surface area contributed by atoms with Crippen molar-refractivity contribution in [2.45, 2.75) is 52.3 Å².